The van der Waals surface area contributed by atoms with Gasteiger partial charge in [-0.15, -0.1) is 0 Å². The summed E-state index contributed by atoms with van der Waals surface area (Å²) in [6.45, 7) is 7.43. The average molecular weight is 326 g/mol. The number of hydrogen-bond donors (Lipinski definition) is 2. The molecule has 0 bridgehead atoms. The van der Waals surface area contributed by atoms with Crippen LogP contribution in [0.25, 0.3) is 10.3 Å². The number of nitrogens with zero attached hydrogens (tertiary/aromatic N) is 3. The molecule has 0 aliphatic carbocycles. The minimum absolute atomic E-state index is 0.535. The van der Waals surface area contributed by atoms with Gasteiger partial charge < -0.3 is 11.1 Å². The van der Waals surface area contributed by atoms with Crippen LogP contribution >= 0.6 is 23.1 Å². The molecule has 0 amide bonds. The van der Waals surface area contributed by atoms with Crippen molar-refractivity contribution < 1.29 is 0 Å². The summed E-state index contributed by atoms with van der Waals surface area (Å²) in [5.74, 6) is 2.14. The fourth-order valence-electron chi connectivity index (χ4n) is 1.77. The molecule has 3 N–H and O–H groups in total. The van der Waals surface area contributed by atoms with E-state index in [1.807, 2.05) is 0 Å². The number of thiazole rings is 1. The lowest BCUT2D eigenvalue weighted by Crippen LogP contribution is -2.07. The molecule has 0 unspecified atom stereocenters. The molecule has 0 aliphatic heterocycles. The molecule has 7 heteroatoms. The minimum atomic E-state index is 0.535. The Bertz CT molecular complexity index is 582. The third kappa shape index (κ3) is 4.71. The van der Waals surface area contributed by atoms with Crippen LogP contribution in [-0.2, 0) is 0 Å². The third-order valence-corrected chi connectivity index (χ3v) is 4.86. The Morgan fingerprint density at radius 3 is 2.76 bits per heavy atom. The summed E-state index contributed by atoms with van der Waals surface area (Å²) in [5, 5.41) is 4.92. The topological polar surface area (TPSA) is 76.7 Å². The fourth-order valence-corrected chi connectivity index (χ4v) is 3.43. The highest BCUT2D eigenvalue weighted by Gasteiger charge is 2.12. The Morgan fingerprint density at radius 1 is 1.24 bits per heavy atom. The van der Waals surface area contributed by atoms with Crippen LogP contribution in [0.2, 0.25) is 0 Å². The molecule has 0 saturated carbocycles. The molecule has 2 heterocycles. The minimum Gasteiger partial charge on any atom is -0.382 e. The quantitative estimate of drug-likeness (QED) is 0.434. The Kier molecular flexibility index (Phi) is 6.05. The highest BCUT2D eigenvalue weighted by molar-refractivity contribution is 7.99. The normalized spacial score (nSPS) is 11.4. The van der Waals surface area contributed by atoms with Gasteiger partial charge in [0.2, 0.25) is 0 Å². The molecule has 2 rings (SSSR count). The van der Waals surface area contributed by atoms with E-state index in [0.717, 1.165) is 27.3 Å². The van der Waals surface area contributed by atoms with E-state index in [9.17, 15) is 0 Å². The second kappa shape index (κ2) is 7.79. The number of nitrogens with two attached hydrogens (primary N) is 1. The van der Waals surface area contributed by atoms with Crippen molar-refractivity contribution in [1.82, 2.24) is 15.0 Å². The van der Waals surface area contributed by atoms with E-state index in [2.05, 4.69) is 41.0 Å². The monoisotopic (exact) mass is 325 g/mol. The molecule has 0 fully saturated rings. The van der Waals surface area contributed by atoms with E-state index in [4.69, 9.17) is 5.73 Å². The first-order valence-corrected chi connectivity index (χ1v) is 9.21. The number of rotatable bonds is 8. The Balaban J connectivity index is 2.08. The Hall–Kier alpha value is -1.08. The second-order valence-electron chi connectivity index (χ2n) is 5.39. The summed E-state index contributed by atoms with van der Waals surface area (Å²) in [6.07, 6.45) is 3.64. The first-order chi connectivity index (χ1) is 10.1. The highest BCUT2D eigenvalue weighted by atomic mass is 32.2. The molecule has 2 aromatic heterocycles. The van der Waals surface area contributed by atoms with Crippen LogP contribution in [0.1, 0.15) is 40.0 Å². The summed E-state index contributed by atoms with van der Waals surface area (Å²) < 4.78 is 0.874. The number of nitrogen functional groups attached to an aromatic ring is 1. The van der Waals surface area contributed by atoms with E-state index in [0.29, 0.717) is 17.4 Å². The fraction of sp³-hybridized carbons (Fsp3) is 0.643. The van der Waals surface area contributed by atoms with Crippen LogP contribution < -0.4 is 11.1 Å². The van der Waals surface area contributed by atoms with Gasteiger partial charge in [-0.05, 0) is 12.3 Å². The van der Waals surface area contributed by atoms with Crippen LogP contribution in [0.5, 0.6) is 0 Å². The van der Waals surface area contributed by atoms with Crippen molar-refractivity contribution in [3.8, 4) is 0 Å². The lowest BCUT2D eigenvalue weighted by molar-refractivity contribution is 0.688. The van der Waals surface area contributed by atoms with E-state index in [1.54, 1.807) is 11.8 Å². The van der Waals surface area contributed by atoms with Crippen molar-refractivity contribution in [3.05, 3.63) is 0 Å². The van der Waals surface area contributed by atoms with Gasteiger partial charge in [-0.25, -0.2) is 9.97 Å². The molecule has 0 radical (unpaired) electrons. The molecule has 5 nitrogen and oxygen atoms in total. The lowest BCUT2D eigenvalue weighted by atomic mass is 10.2. The maximum atomic E-state index is 6.03. The van der Waals surface area contributed by atoms with E-state index in [1.165, 1.54) is 30.6 Å². The molecule has 21 heavy (non-hydrogen) atoms. The maximum Gasteiger partial charge on any atom is 0.191 e. The van der Waals surface area contributed by atoms with Gasteiger partial charge in [-0.3, -0.25) is 0 Å². The number of hydrogen-bond acceptors (Lipinski definition) is 7. The van der Waals surface area contributed by atoms with Crippen LogP contribution in [0.15, 0.2) is 5.16 Å². The molecule has 0 aliphatic rings. The first kappa shape index (κ1) is 16.3. The van der Waals surface area contributed by atoms with Crippen LogP contribution in [0.4, 0.5) is 10.9 Å². The number of aromatic nitrogens is 3. The summed E-state index contributed by atoms with van der Waals surface area (Å²) in [6, 6.07) is 0. The molecule has 0 aromatic carbocycles. The van der Waals surface area contributed by atoms with Gasteiger partial charge in [-0.1, -0.05) is 56.7 Å². The summed E-state index contributed by atoms with van der Waals surface area (Å²) in [5.41, 5.74) is 6.74. The Morgan fingerprint density at radius 2 is 2.05 bits per heavy atom. The molecule has 0 spiro atoms. The summed E-state index contributed by atoms with van der Waals surface area (Å²) in [4.78, 5) is 13.4. The molecule has 2 aromatic rings. The number of fused-ring (bicyclic) bond motifs is 1. The molecular weight excluding hydrogens is 302 g/mol. The van der Waals surface area contributed by atoms with Gasteiger partial charge in [0.1, 0.15) is 10.5 Å². The van der Waals surface area contributed by atoms with Crippen LogP contribution in [-0.4, -0.2) is 27.2 Å². The first-order valence-electron chi connectivity index (χ1n) is 7.40. The van der Waals surface area contributed by atoms with Crippen molar-refractivity contribution in [1.29, 1.82) is 0 Å². The zero-order valence-electron chi connectivity index (χ0n) is 12.8. The van der Waals surface area contributed by atoms with E-state index in [-0.39, 0.29) is 0 Å². The smallest absolute Gasteiger partial charge is 0.191 e. The van der Waals surface area contributed by atoms with Crippen molar-refractivity contribution >= 4 is 44.4 Å². The molecule has 0 saturated heterocycles. The van der Waals surface area contributed by atoms with Crippen molar-refractivity contribution in [2.24, 2.45) is 5.92 Å². The number of thioether (sulfide) groups is 1. The van der Waals surface area contributed by atoms with Crippen molar-refractivity contribution in [2.45, 2.75) is 45.2 Å². The van der Waals surface area contributed by atoms with Crippen molar-refractivity contribution in [2.75, 3.05) is 23.3 Å². The number of nitrogens with one attached hydrogen (secondary N) is 1. The SMILES string of the molecule is CCCCCSc1nc(N)c2sc(NCC(C)C)nc2n1. The van der Waals surface area contributed by atoms with Gasteiger partial charge in [0.05, 0.1) is 0 Å². The van der Waals surface area contributed by atoms with Gasteiger partial charge >= 0.3 is 0 Å². The van der Waals surface area contributed by atoms with Gasteiger partial charge in [0.15, 0.2) is 15.9 Å². The van der Waals surface area contributed by atoms with Crippen LogP contribution in [0, 0.1) is 5.92 Å². The second-order valence-corrected chi connectivity index (χ2v) is 7.45. The number of anilines is 2. The van der Waals surface area contributed by atoms with Gasteiger partial charge in [0.25, 0.3) is 0 Å². The zero-order chi connectivity index (χ0) is 15.2. The molecule has 0 atom stereocenters. The van der Waals surface area contributed by atoms with Gasteiger partial charge in [0, 0.05) is 12.3 Å². The lowest BCUT2D eigenvalue weighted by Gasteiger charge is -2.03. The van der Waals surface area contributed by atoms with Crippen molar-refractivity contribution in [3.63, 3.8) is 0 Å². The molecule has 116 valence electrons. The Labute approximate surface area is 134 Å². The zero-order valence-corrected chi connectivity index (χ0v) is 14.5. The van der Waals surface area contributed by atoms with E-state index >= 15 is 0 Å². The van der Waals surface area contributed by atoms with Crippen LogP contribution in [0.3, 0.4) is 0 Å². The standard InChI is InChI=1S/C14H23N5S2/c1-4-5-6-7-20-14-17-11(15)10-12(19-14)18-13(21-10)16-8-9(2)3/h9H,4-8H2,1-3H3,(H3,15,16,17,18,19). The summed E-state index contributed by atoms with van der Waals surface area (Å²) >= 11 is 3.18. The highest BCUT2D eigenvalue weighted by Crippen LogP contribution is 2.30. The van der Waals surface area contributed by atoms with E-state index < -0.39 is 0 Å². The maximum absolute atomic E-state index is 6.03. The molecular formula is C14H23N5S2. The predicted molar refractivity (Wildman–Crippen MR) is 93.2 cm³/mol. The largest absolute Gasteiger partial charge is 0.382 e. The van der Waals surface area contributed by atoms with Gasteiger partial charge in [-0.2, -0.15) is 4.98 Å². The average Bonchev–Trinajstić information content (AvgIpc) is 2.85. The number of unbranched alkanes of at least 4 members (excludes halogenated alkanes) is 2. The summed E-state index contributed by atoms with van der Waals surface area (Å²) in [7, 11) is 0. The predicted octanol–water partition coefficient (Wildman–Crippen LogP) is 4.02. The third-order valence-electron chi connectivity index (χ3n) is 2.90.